The van der Waals surface area contributed by atoms with Crippen LogP contribution in [0, 0.1) is 6.92 Å². The van der Waals surface area contributed by atoms with Crippen LogP contribution in [0.15, 0.2) is 72.8 Å². The summed E-state index contributed by atoms with van der Waals surface area (Å²) >= 11 is 0. The molecule has 0 aliphatic rings. The third kappa shape index (κ3) is 4.32. The topological polar surface area (TPSA) is 88.8 Å². The van der Waals surface area contributed by atoms with E-state index in [2.05, 4.69) is 5.32 Å². The molecule has 4 rings (SSSR count). The summed E-state index contributed by atoms with van der Waals surface area (Å²) in [5.74, 6) is 1.49. The molecule has 4 aromatic rings. The van der Waals surface area contributed by atoms with Gasteiger partial charge in [0.2, 0.25) is 16.9 Å². The first-order valence-corrected chi connectivity index (χ1v) is 10.0. The minimum Gasteiger partial charge on any atom is -0.468 e. The molecule has 0 fully saturated rings. The summed E-state index contributed by atoms with van der Waals surface area (Å²) in [4.78, 5) is 27.3. The number of nitrogens with one attached hydrogen (secondary N) is 1. The predicted octanol–water partition coefficient (Wildman–Crippen LogP) is 3.92. The Bertz CT molecular complexity index is 1240. The normalized spacial score (nSPS) is 12.4. The molecule has 0 spiro atoms. The lowest BCUT2D eigenvalue weighted by molar-refractivity contribution is -0.120. The molecule has 7 heteroatoms. The Labute approximate surface area is 179 Å². The van der Waals surface area contributed by atoms with Gasteiger partial charge in [0.05, 0.1) is 24.3 Å². The van der Waals surface area contributed by atoms with Crippen molar-refractivity contribution in [1.29, 1.82) is 0 Å². The van der Waals surface area contributed by atoms with Crippen molar-refractivity contribution < 1.29 is 18.0 Å². The van der Waals surface area contributed by atoms with Crippen LogP contribution < -0.4 is 10.7 Å². The maximum Gasteiger partial charge on any atom is 0.228 e. The number of nitrogens with zero attached hydrogens (tertiary/aromatic N) is 1. The average molecular weight is 420 g/mol. The molecule has 3 aromatic heterocycles. The van der Waals surface area contributed by atoms with Gasteiger partial charge in [0.25, 0.3) is 0 Å². The lowest BCUT2D eigenvalue weighted by Gasteiger charge is -2.22. The molecule has 1 unspecified atom stereocenters. The lowest BCUT2D eigenvalue weighted by atomic mass is 10.1. The molecule has 0 bridgehead atoms. The standard InChI is InChI=1S/C24H24N2O5/c1-15-12-19(27)24-23(30-15)17(22(31-24)16-8-5-4-6-9-16)13-21(28)25-14-18(26(2)3)20-10-7-11-29-20/h4-12,18H,13-14H2,1-3H3,(H,25,28). The van der Waals surface area contributed by atoms with Crippen molar-refractivity contribution in [2.45, 2.75) is 19.4 Å². The Hall–Kier alpha value is -3.58. The van der Waals surface area contributed by atoms with E-state index >= 15 is 0 Å². The second-order valence-electron chi connectivity index (χ2n) is 7.63. The molecule has 1 N–H and O–H groups in total. The maximum atomic E-state index is 12.9. The number of fused-ring (bicyclic) bond motifs is 1. The number of hydrogen-bond donors (Lipinski definition) is 1. The monoisotopic (exact) mass is 420 g/mol. The summed E-state index contributed by atoms with van der Waals surface area (Å²) in [7, 11) is 3.85. The molecule has 7 nitrogen and oxygen atoms in total. The van der Waals surface area contributed by atoms with Crippen LogP contribution in [0.3, 0.4) is 0 Å². The third-order valence-corrected chi connectivity index (χ3v) is 5.14. The van der Waals surface area contributed by atoms with E-state index < -0.39 is 0 Å². The highest BCUT2D eigenvalue weighted by molar-refractivity contribution is 5.89. The zero-order chi connectivity index (χ0) is 22.0. The van der Waals surface area contributed by atoms with Gasteiger partial charge in [-0.05, 0) is 33.2 Å². The predicted molar refractivity (Wildman–Crippen MR) is 117 cm³/mol. The Morgan fingerprint density at radius 2 is 1.84 bits per heavy atom. The van der Waals surface area contributed by atoms with Crippen LogP contribution >= 0.6 is 0 Å². The summed E-state index contributed by atoms with van der Waals surface area (Å²) in [6, 6.07) is 14.4. The van der Waals surface area contributed by atoms with Crippen molar-refractivity contribution >= 4 is 17.1 Å². The van der Waals surface area contributed by atoms with Gasteiger partial charge in [-0.2, -0.15) is 0 Å². The van der Waals surface area contributed by atoms with Crippen LogP contribution in [0.4, 0.5) is 0 Å². The summed E-state index contributed by atoms with van der Waals surface area (Å²) in [5, 5.41) is 2.96. The van der Waals surface area contributed by atoms with Crippen LogP contribution in [0.1, 0.15) is 23.1 Å². The highest BCUT2D eigenvalue weighted by atomic mass is 16.4. The van der Waals surface area contributed by atoms with Gasteiger partial charge in [-0.3, -0.25) is 14.5 Å². The zero-order valence-electron chi connectivity index (χ0n) is 17.7. The minimum absolute atomic E-state index is 0.0158. The number of rotatable bonds is 7. The summed E-state index contributed by atoms with van der Waals surface area (Å²) in [6.45, 7) is 2.07. The van der Waals surface area contributed by atoms with Crippen LogP contribution in [-0.2, 0) is 11.2 Å². The highest BCUT2D eigenvalue weighted by Gasteiger charge is 2.24. The molecular weight excluding hydrogens is 396 g/mol. The summed E-state index contributed by atoms with van der Waals surface area (Å²) in [6.07, 6.45) is 1.63. The van der Waals surface area contributed by atoms with E-state index in [4.69, 9.17) is 13.3 Å². The van der Waals surface area contributed by atoms with Gasteiger partial charge in [0.15, 0.2) is 5.58 Å². The highest BCUT2D eigenvalue weighted by Crippen LogP contribution is 2.33. The summed E-state index contributed by atoms with van der Waals surface area (Å²) < 4.78 is 17.2. The number of amides is 1. The Balaban J connectivity index is 1.64. The van der Waals surface area contributed by atoms with Crippen molar-refractivity contribution in [3.8, 4) is 11.3 Å². The van der Waals surface area contributed by atoms with E-state index in [1.54, 1.807) is 13.2 Å². The molecular formula is C24H24N2O5. The Kier molecular flexibility index (Phi) is 5.77. The van der Waals surface area contributed by atoms with E-state index in [1.165, 1.54) is 6.07 Å². The molecule has 1 atom stereocenters. The smallest absolute Gasteiger partial charge is 0.228 e. The van der Waals surface area contributed by atoms with Crippen LogP contribution in [0.5, 0.6) is 0 Å². The Morgan fingerprint density at radius 1 is 1.06 bits per heavy atom. The molecule has 160 valence electrons. The van der Waals surface area contributed by atoms with Gasteiger partial charge in [0, 0.05) is 18.2 Å². The third-order valence-electron chi connectivity index (χ3n) is 5.14. The number of likely N-dealkylation sites (N-methyl/N-ethyl adjacent to an activating group) is 1. The van der Waals surface area contributed by atoms with Crippen molar-refractivity contribution in [3.63, 3.8) is 0 Å². The zero-order valence-corrected chi connectivity index (χ0v) is 17.7. The Morgan fingerprint density at radius 3 is 2.52 bits per heavy atom. The molecule has 31 heavy (non-hydrogen) atoms. The van der Waals surface area contributed by atoms with E-state index in [9.17, 15) is 9.59 Å². The number of carbonyl (C=O) groups excluding carboxylic acids is 1. The van der Waals surface area contributed by atoms with Gasteiger partial charge in [-0.15, -0.1) is 0 Å². The first-order chi connectivity index (χ1) is 14.9. The molecule has 0 aliphatic carbocycles. The first kappa shape index (κ1) is 20.7. The quantitative estimate of drug-likeness (QED) is 0.488. The van der Waals surface area contributed by atoms with E-state index in [1.807, 2.05) is 61.5 Å². The maximum absolute atomic E-state index is 12.9. The number of aryl methyl sites for hydroxylation is 1. The number of benzene rings is 1. The fourth-order valence-corrected chi connectivity index (χ4v) is 3.60. The molecule has 0 radical (unpaired) electrons. The molecule has 1 amide bonds. The van der Waals surface area contributed by atoms with Crippen LogP contribution in [0.2, 0.25) is 0 Å². The van der Waals surface area contributed by atoms with Gasteiger partial charge in [0.1, 0.15) is 17.3 Å². The summed E-state index contributed by atoms with van der Waals surface area (Å²) in [5.41, 5.74) is 1.49. The fraction of sp³-hybridized carbons (Fsp3) is 0.250. The second kappa shape index (κ2) is 8.65. The fourth-order valence-electron chi connectivity index (χ4n) is 3.60. The van der Waals surface area contributed by atoms with Gasteiger partial charge >= 0.3 is 0 Å². The van der Waals surface area contributed by atoms with Gasteiger partial charge in [-0.1, -0.05) is 30.3 Å². The lowest BCUT2D eigenvalue weighted by Crippen LogP contribution is -2.35. The molecule has 0 saturated carbocycles. The van der Waals surface area contributed by atoms with Crippen LogP contribution in [0.25, 0.3) is 22.5 Å². The number of hydrogen-bond acceptors (Lipinski definition) is 6. The largest absolute Gasteiger partial charge is 0.468 e. The van der Waals surface area contributed by atoms with Gasteiger partial charge < -0.3 is 18.6 Å². The molecule has 3 heterocycles. The average Bonchev–Trinajstić information content (AvgIpc) is 3.38. The van der Waals surface area contributed by atoms with Crippen molar-refractivity contribution in [2.75, 3.05) is 20.6 Å². The van der Waals surface area contributed by atoms with Crippen LogP contribution in [-0.4, -0.2) is 31.4 Å². The number of furan rings is 2. The van der Waals surface area contributed by atoms with E-state index in [0.29, 0.717) is 29.2 Å². The van der Waals surface area contributed by atoms with Crippen molar-refractivity contribution in [3.05, 3.63) is 82.1 Å². The first-order valence-electron chi connectivity index (χ1n) is 10.0. The molecule has 0 saturated heterocycles. The SMILES string of the molecule is Cc1cc(=O)c2oc(-c3ccccc3)c(CC(=O)NCC(c3ccco3)N(C)C)c2o1. The molecule has 1 aromatic carbocycles. The molecule has 0 aliphatic heterocycles. The van der Waals surface area contributed by atoms with E-state index in [-0.39, 0.29) is 29.4 Å². The van der Waals surface area contributed by atoms with Gasteiger partial charge in [-0.25, -0.2) is 0 Å². The van der Waals surface area contributed by atoms with Crippen molar-refractivity contribution in [1.82, 2.24) is 10.2 Å². The number of carbonyl (C=O) groups is 1. The minimum atomic E-state index is -0.270. The second-order valence-corrected chi connectivity index (χ2v) is 7.63. The van der Waals surface area contributed by atoms with Crippen molar-refractivity contribution in [2.24, 2.45) is 0 Å². The van der Waals surface area contributed by atoms with E-state index in [0.717, 1.165) is 11.3 Å².